The van der Waals surface area contributed by atoms with Crippen molar-refractivity contribution in [3.8, 4) is 0 Å². The lowest BCUT2D eigenvalue weighted by Gasteiger charge is -2.12. The molecule has 1 unspecified atom stereocenters. The first kappa shape index (κ1) is 15.3. The Balaban J connectivity index is 1.79. The molecule has 5 heteroatoms. The van der Waals surface area contributed by atoms with E-state index in [-0.39, 0.29) is 11.9 Å². The van der Waals surface area contributed by atoms with Gasteiger partial charge in [-0.15, -0.1) is 11.3 Å². The van der Waals surface area contributed by atoms with Crippen LogP contribution in [0.1, 0.15) is 52.9 Å². The number of allylic oxidation sites excluding steroid dienone is 2. The third kappa shape index (κ3) is 3.09. The van der Waals surface area contributed by atoms with Gasteiger partial charge in [0.2, 0.25) is 5.91 Å². The molecular weight excluding hydrogens is 298 g/mol. The standard InChI is InChI=1S/C17H21NO3S/c1-21-17(20)15-12-8-4-5-9-13(12)22-16(15)18-14(19)10-11-6-2-3-7-11/h2,6,11H,3-5,7-10H2,1H3,(H,18,19). The van der Waals surface area contributed by atoms with E-state index in [4.69, 9.17) is 4.74 Å². The molecule has 1 atom stereocenters. The topological polar surface area (TPSA) is 55.4 Å². The molecule has 1 aromatic rings. The van der Waals surface area contributed by atoms with Gasteiger partial charge in [-0.25, -0.2) is 4.79 Å². The highest BCUT2D eigenvalue weighted by Crippen LogP contribution is 2.38. The number of thiophene rings is 1. The zero-order valence-electron chi connectivity index (χ0n) is 12.8. The molecule has 118 valence electrons. The summed E-state index contributed by atoms with van der Waals surface area (Å²) in [6.45, 7) is 0. The van der Waals surface area contributed by atoms with E-state index in [1.165, 1.54) is 12.0 Å². The van der Waals surface area contributed by atoms with Gasteiger partial charge in [0.15, 0.2) is 0 Å². The molecule has 0 radical (unpaired) electrons. The SMILES string of the molecule is COC(=O)c1c(NC(=O)CC2C=CCC2)sc2c1CCCC2. The van der Waals surface area contributed by atoms with E-state index < -0.39 is 0 Å². The predicted octanol–water partition coefficient (Wildman–Crippen LogP) is 3.71. The van der Waals surface area contributed by atoms with E-state index in [1.807, 2.05) is 0 Å². The number of ether oxygens (including phenoxy) is 1. The Kier molecular flexibility index (Phi) is 4.62. The largest absolute Gasteiger partial charge is 0.465 e. The summed E-state index contributed by atoms with van der Waals surface area (Å²) in [4.78, 5) is 25.6. The fourth-order valence-corrected chi connectivity index (χ4v) is 4.55. The van der Waals surface area contributed by atoms with Crippen molar-refractivity contribution in [3.05, 3.63) is 28.2 Å². The first-order chi connectivity index (χ1) is 10.7. The first-order valence-electron chi connectivity index (χ1n) is 7.88. The number of carbonyl (C=O) groups is 2. The predicted molar refractivity (Wildman–Crippen MR) is 87.4 cm³/mol. The first-order valence-corrected chi connectivity index (χ1v) is 8.70. The zero-order valence-corrected chi connectivity index (χ0v) is 13.6. The molecule has 0 saturated heterocycles. The molecule has 1 heterocycles. The summed E-state index contributed by atoms with van der Waals surface area (Å²) in [6, 6.07) is 0. The number of nitrogens with one attached hydrogen (secondary N) is 1. The summed E-state index contributed by atoms with van der Waals surface area (Å²) in [5.41, 5.74) is 1.66. The minimum absolute atomic E-state index is 0.0136. The number of aryl methyl sites for hydroxylation is 1. The van der Waals surface area contributed by atoms with Crippen molar-refractivity contribution in [1.29, 1.82) is 0 Å². The Bertz CT molecular complexity index is 618. The Morgan fingerprint density at radius 2 is 2.18 bits per heavy atom. The Labute approximate surface area is 134 Å². The summed E-state index contributed by atoms with van der Waals surface area (Å²) < 4.78 is 4.92. The molecule has 2 aliphatic rings. The third-order valence-electron chi connectivity index (χ3n) is 4.37. The number of methoxy groups -OCH3 is 1. The van der Waals surface area contributed by atoms with Crippen molar-refractivity contribution in [3.63, 3.8) is 0 Å². The number of amides is 1. The quantitative estimate of drug-likeness (QED) is 0.680. The Morgan fingerprint density at radius 1 is 1.36 bits per heavy atom. The maximum absolute atomic E-state index is 12.3. The number of rotatable bonds is 4. The molecule has 22 heavy (non-hydrogen) atoms. The molecule has 0 spiro atoms. The van der Waals surface area contributed by atoms with Gasteiger partial charge in [0.25, 0.3) is 0 Å². The van der Waals surface area contributed by atoms with Gasteiger partial charge in [-0.2, -0.15) is 0 Å². The molecule has 0 aromatic carbocycles. The van der Waals surface area contributed by atoms with Gasteiger partial charge in [-0.1, -0.05) is 12.2 Å². The molecule has 4 nitrogen and oxygen atoms in total. The van der Waals surface area contributed by atoms with Crippen molar-refractivity contribution in [2.75, 3.05) is 12.4 Å². The van der Waals surface area contributed by atoms with Crippen molar-refractivity contribution < 1.29 is 14.3 Å². The molecule has 0 aliphatic heterocycles. The van der Waals surface area contributed by atoms with E-state index >= 15 is 0 Å². The van der Waals surface area contributed by atoms with Crippen LogP contribution in [0.3, 0.4) is 0 Å². The molecule has 0 bridgehead atoms. The smallest absolute Gasteiger partial charge is 0.341 e. The number of anilines is 1. The Morgan fingerprint density at radius 3 is 2.91 bits per heavy atom. The highest BCUT2D eigenvalue weighted by molar-refractivity contribution is 7.17. The third-order valence-corrected chi connectivity index (χ3v) is 5.58. The Hall–Kier alpha value is -1.62. The lowest BCUT2D eigenvalue weighted by Crippen LogP contribution is -2.16. The summed E-state index contributed by atoms with van der Waals surface area (Å²) >= 11 is 1.54. The average molecular weight is 319 g/mol. The number of fused-ring (bicyclic) bond motifs is 1. The molecule has 1 N–H and O–H groups in total. The minimum atomic E-state index is -0.338. The van der Waals surface area contributed by atoms with Gasteiger partial charge in [-0.05, 0) is 50.0 Å². The van der Waals surface area contributed by atoms with Gasteiger partial charge < -0.3 is 10.1 Å². The summed E-state index contributed by atoms with van der Waals surface area (Å²) in [5.74, 6) is -0.0214. The van der Waals surface area contributed by atoms with E-state index in [0.29, 0.717) is 22.9 Å². The van der Waals surface area contributed by atoms with E-state index in [0.717, 1.165) is 44.1 Å². The molecule has 3 rings (SSSR count). The molecule has 0 fully saturated rings. The lowest BCUT2D eigenvalue weighted by molar-refractivity contribution is -0.116. The molecular formula is C17H21NO3S. The lowest BCUT2D eigenvalue weighted by atomic mass is 9.95. The second-order valence-electron chi connectivity index (χ2n) is 5.92. The summed E-state index contributed by atoms with van der Waals surface area (Å²) in [6.07, 6.45) is 10.9. The van der Waals surface area contributed by atoms with Crippen LogP contribution in [-0.4, -0.2) is 19.0 Å². The van der Waals surface area contributed by atoms with E-state index in [9.17, 15) is 9.59 Å². The van der Waals surface area contributed by atoms with E-state index in [1.54, 1.807) is 11.3 Å². The fraction of sp³-hybridized carbons (Fsp3) is 0.529. The van der Waals surface area contributed by atoms with Gasteiger partial charge in [0, 0.05) is 11.3 Å². The van der Waals surface area contributed by atoms with Crippen LogP contribution in [0.25, 0.3) is 0 Å². The van der Waals surface area contributed by atoms with Crippen LogP contribution < -0.4 is 5.32 Å². The van der Waals surface area contributed by atoms with Crippen molar-refractivity contribution in [1.82, 2.24) is 0 Å². The second-order valence-corrected chi connectivity index (χ2v) is 7.03. The number of carbonyl (C=O) groups excluding carboxylic acids is 2. The fourth-order valence-electron chi connectivity index (χ4n) is 3.25. The zero-order chi connectivity index (χ0) is 15.5. The molecule has 1 amide bonds. The van der Waals surface area contributed by atoms with Crippen LogP contribution in [0, 0.1) is 5.92 Å². The van der Waals surface area contributed by atoms with Crippen LogP contribution in [0.5, 0.6) is 0 Å². The summed E-state index contributed by atoms with van der Waals surface area (Å²) in [7, 11) is 1.39. The van der Waals surface area contributed by atoms with Crippen LogP contribution in [0.15, 0.2) is 12.2 Å². The van der Waals surface area contributed by atoms with Crippen LogP contribution in [0.4, 0.5) is 5.00 Å². The van der Waals surface area contributed by atoms with Crippen molar-refractivity contribution in [2.24, 2.45) is 5.92 Å². The van der Waals surface area contributed by atoms with Crippen molar-refractivity contribution >= 4 is 28.2 Å². The van der Waals surface area contributed by atoms with Gasteiger partial charge in [0.1, 0.15) is 5.00 Å². The van der Waals surface area contributed by atoms with Gasteiger partial charge >= 0.3 is 5.97 Å². The maximum atomic E-state index is 12.3. The molecule has 2 aliphatic carbocycles. The van der Waals surface area contributed by atoms with Crippen LogP contribution in [0.2, 0.25) is 0 Å². The van der Waals surface area contributed by atoms with E-state index in [2.05, 4.69) is 17.5 Å². The molecule has 0 saturated carbocycles. The van der Waals surface area contributed by atoms with Gasteiger partial charge in [-0.3, -0.25) is 4.79 Å². The number of hydrogen-bond donors (Lipinski definition) is 1. The normalized spacial score (nSPS) is 19.8. The minimum Gasteiger partial charge on any atom is -0.465 e. The maximum Gasteiger partial charge on any atom is 0.341 e. The average Bonchev–Trinajstić information content (AvgIpc) is 3.13. The molecule has 1 aromatic heterocycles. The van der Waals surface area contributed by atoms with Gasteiger partial charge in [0.05, 0.1) is 12.7 Å². The second kappa shape index (κ2) is 6.65. The number of esters is 1. The van der Waals surface area contributed by atoms with Crippen LogP contribution in [-0.2, 0) is 22.4 Å². The monoisotopic (exact) mass is 319 g/mol. The number of hydrogen-bond acceptors (Lipinski definition) is 4. The highest BCUT2D eigenvalue weighted by atomic mass is 32.1. The summed E-state index contributed by atoms with van der Waals surface area (Å²) in [5, 5.41) is 3.63. The van der Waals surface area contributed by atoms with Crippen molar-refractivity contribution in [2.45, 2.75) is 44.9 Å². The highest BCUT2D eigenvalue weighted by Gasteiger charge is 2.27. The van der Waals surface area contributed by atoms with Crippen LogP contribution >= 0.6 is 11.3 Å².